The molecule has 1 aliphatic carbocycles. The van der Waals surface area contributed by atoms with Gasteiger partial charge in [0.15, 0.2) is 0 Å². The molecular weight excluding hydrogens is 556 g/mol. The largest absolute Gasteiger partial charge is 0.480 e. The van der Waals surface area contributed by atoms with Crippen molar-refractivity contribution in [2.45, 2.75) is 117 Å². The van der Waals surface area contributed by atoms with E-state index in [0.717, 1.165) is 41.1 Å². The van der Waals surface area contributed by atoms with Crippen molar-refractivity contribution in [3.63, 3.8) is 0 Å². The Bertz CT molecular complexity index is 1190. The number of rotatable bonds is 15. The Labute approximate surface area is 264 Å². The minimum atomic E-state index is -1.01. The summed E-state index contributed by atoms with van der Waals surface area (Å²) in [6.45, 7) is 14.4. The lowest BCUT2D eigenvalue weighted by Crippen LogP contribution is -2.45. The van der Waals surface area contributed by atoms with Gasteiger partial charge < -0.3 is 15.2 Å². The summed E-state index contributed by atoms with van der Waals surface area (Å²) in [6, 6.07) is 13.8. The Kier molecular flexibility index (Phi) is 13.6. The zero-order valence-electron chi connectivity index (χ0n) is 27.4. The van der Waals surface area contributed by atoms with Crippen molar-refractivity contribution in [3.8, 4) is 11.1 Å². The number of aryl methyl sites for hydroxylation is 1. The van der Waals surface area contributed by atoms with E-state index in [1.165, 1.54) is 32.1 Å². The molecule has 2 atom stereocenters. The summed E-state index contributed by atoms with van der Waals surface area (Å²) in [5.41, 5.74) is 4.31. The van der Waals surface area contributed by atoms with Crippen molar-refractivity contribution in [1.29, 1.82) is 0 Å². The average Bonchev–Trinajstić information content (AvgIpc) is 2.96. The van der Waals surface area contributed by atoms with E-state index in [1.54, 1.807) is 11.8 Å². The van der Waals surface area contributed by atoms with Crippen LogP contribution in [0, 0.1) is 12.8 Å². The minimum Gasteiger partial charge on any atom is -0.480 e. The third-order valence-corrected chi connectivity index (χ3v) is 9.16. The number of benzene rings is 2. The number of carboxylic acids is 1. The zero-order chi connectivity index (χ0) is 31.6. The van der Waals surface area contributed by atoms with Gasteiger partial charge >= 0.3 is 5.97 Å². The second-order valence-electron chi connectivity index (χ2n) is 13.4. The first-order valence-corrected chi connectivity index (χ1v) is 17.4. The molecule has 0 aromatic heterocycles. The Morgan fingerprint density at radius 2 is 1.77 bits per heavy atom. The molecule has 2 N–H and O–H groups in total. The van der Waals surface area contributed by atoms with Crippen LogP contribution in [0.4, 0.5) is 0 Å². The highest BCUT2D eigenvalue weighted by atomic mass is 32.2. The third-order valence-electron chi connectivity index (χ3n) is 8.51. The number of carboxylic acid groups (broad SMARTS) is 1. The number of amides is 1. The molecule has 3 rings (SSSR count). The van der Waals surface area contributed by atoms with Crippen molar-refractivity contribution >= 4 is 23.6 Å². The molecule has 6 nitrogen and oxygen atoms in total. The van der Waals surface area contributed by atoms with Gasteiger partial charge in [-0.1, -0.05) is 62.4 Å². The third kappa shape index (κ3) is 10.9. The first-order valence-electron chi connectivity index (χ1n) is 16.0. The fourth-order valence-corrected chi connectivity index (χ4v) is 6.58. The first kappa shape index (κ1) is 35.1. The number of hydrogen-bond acceptors (Lipinski definition) is 5. The summed E-state index contributed by atoms with van der Waals surface area (Å²) in [6.07, 6.45) is 10.0. The summed E-state index contributed by atoms with van der Waals surface area (Å²) in [4.78, 5) is 28.0. The molecule has 7 heteroatoms. The molecule has 1 saturated carbocycles. The number of hydrogen-bond donors (Lipinski definition) is 2. The van der Waals surface area contributed by atoms with Crippen LogP contribution < -0.4 is 5.32 Å². The average molecular weight is 611 g/mol. The van der Waals surface area contributed by atoms with Gasteiger partial charge in [-0.3, -0.25) is 9.69 Å². The van der Waals surface area contributed by atoms with Gasteiger partial charge in [-0.05, 0) is 107 Å². The molecule has 1 amide bonds. The van der Waals surface area contributed by atoms with Gasteiger partial charge in [-0.15, -0.1) is 0 Å². The van der Waals surface area contributed by atoms with Crippen LogP contribution in [0.15, 0.2) is 42.5 Å². The molecule has 238 valence electrons. The molecule has 0 bridgehead atoms. The highest BCUT2D eigenvalue weighted by Gasteiger charge is 2.29. The van der Waals surface area contributed by atoms with Crippen LogP contribution in [-0.2, 0) is 16.1 Å². The normalized spacial score (nSPS) is 15.9. The van der Waals surface area contributed by atoms with E-state index in [9.17, 15) is 14.7 Å². The van der Waals surface area contributed by atoms with Crippen LogP contribution in [0.2, 0.25) is 0 Å². The van der Waals surface area contributed by atoms with Gasteiger partial charge in [0.05, 0.1) is 12.2 Å². The lowest BCUT2D eigenvalue weighted by atomic mass is 9.84. The SMILES string of the molecule is CSCC[C@H](NC(=O)c1ccc(CN(C(C)C)[C@@H](COC(C)(C)C)CC2CCCCC2)cc1-c1ccccc1C)C(=O)O. The smallest absolute Gasteiger partial charge is 0.326 e. The molecule has 2 aromatic carbocycles. The standard InChI is InChI=1S/C36H54N2O4S/c1-25(2)38(29(24-42-36(4,5)6)21-27-14-9-8-10-15-27)23-28-17-18-31(32(22-28)30-16-12-11-13-26(30)3)34(39)37-33(35(40)41)19-20-43-7/h11-13,16-18,22,25,27,29,33H,8-10,14-15,19-21,23-24H2,1-7H3,(H,37,39)(H,40,41)/t29-,33+/m1/s1. The summed E-state index contributed by atoms with van der Waals surface area (Å²) < 4.78 is 6.40. The van der Waals surface area contributed by atoms with Crippen LogP contribution >= 0.6 is 11.8 Å². The number of thioether (sulfide) groups is 1. The summed E-state index contributed by atoms with van der Waals surface area (Å²) in [7, 11) is 0. The topological polar surface area (TPSA) is 78.9 Å². The Morgan fingerprint density at radius 3 is 2.37 bits per heavy atom. The number of carbonyl (C=O) groups is 2. The number of nitrogens with one attached hydrogen (secondary N) is 1. The number of nitrogens with zero attached hydrogens (tertiary/aromatic N) is 1. The molecular formula is C36H54N2O4S. The van der Waals surface area contributed by atoms with Crippen LogP contribution in [0.1, 0.15) is 101 Å². The Morgan fingerprint density at radius 1 is 1.07 bits per heavy atom. The lowest BCUT2D eigenvalue weighted by molar-refractivity contribution is -0.139. The van der Waals surface area contributed by atoms with Gasteiger partial charge in [-0.25, -0.2) is 4.79 Å². The van der Waals surface area contributed by atoms with Gasteiger partial charge in [0.1, 0.15) is 6.04 Å². The maximum absolute atomic E-state index is 13.6. The maximum atomic E-state index is 13.6. The van der Waals surface area contributed by atoms with Crippen molar-refractivity contribution in [2.75, 3.05) is 18.6 Å². The maximum Gasteiger partial charge on any atom is 0.326 e. The van der Waals surface area contributed by atoms with Crippen molar-refractivity contribution < 1.29 is 19.4 Å². The van der Waals surface area contributed by atoms with Crippen LogP contribution in [0.25, 0.3) is 11.1 Å². The summed E-state index contributed by atoms with van der Waals surface area (Å²) >= 11 is 1.57. The highest BCUT2D eigenvalue weighted by Crippen LogP contribution is 2.32. The van der Waals surface area contributed by atoms with E-state index in [0.29, 0.717) is 36.4 Å². The minimum absolute atomic E-state index is 0.204. The summed E-state index contributed by atoms with van der Waals surface area (Å²) in [5.74, 6) is 0.0241. The molecule has 43 heavy (non-hydrogen) atoms. The molecule has 0 aliphatic heterocycles. The van der Waals surface area contributed by atoms with Crippen molar-refractivity contribution in [3.05, 3.63) is 59.2 Å². The predicted octanol–water partition coefficient (Wildman–Crippen LogP) is 7.96. The molecule has 0 spiro atoms. The lowest BCUT2D eigenvalue weighted by Gasteiger charge is -2.39. The Hall–Kier alpha value is -2.35. The fraction of sp³-hybridized carbons (Fsp3) is 0.611. The second-order valence-corrected chi connectivity index (χ2v) is 14.4. The van der Waals surface area contributed by atoms with E-state index < -0.39 is 12.0 Å². The van der Waals surface area contributed by atoms with E-state index in [2.05, 4.69) is 50.9 Å². The first-order chi connectivity index (χ1) is 20.4. The number of carbonyl (C=O) groups excluding carboxylic acids is 1. The van der Waals surface area contributed by atoms with Gasteiger partial charge in [-0.2, -0.15) is 11.8 Å². The highest BCUT2D eigenvalue weighted by molar-refractivity contribution is 7.98. The molecule has 2 aromatic rings. The van der Waals surface area contributed by atoms with E-state index in [1.807, 2.05) is 49.6 Å². The number of aliphatic carboxylic acids is 1. The van der Waals surface area contributed by atoms with Gasteiger partial charge in [0, 0.05) is 24.2 Å². The van der Waals surface area contributed by atoms with Gasteiger partial charge in [0.2, 0.25) is 0 Å². The fourth-order valence-electron chi connectivity index (χ4n) is 6.11. The van der Waals surface area contributed by atoms with Crippen molar-refractivity contribution in [2.24, 2.45) is 5.92 Å². The predicted molar refractivity (Wildman–Crippen MR) is 180 cm³/mol. The number of ether oxygens (including phenoxy) is 1. The molecule has 1 aliphatic rings. The van der Waals surface area contributed by atoms with Crippen molar-refractivity contribution in [1.82, 2.24) is 10.2 Å². The molecule has 0 unspecified atom stereocenters. The van der Waals surface area contributed by atoms with Crippen LogP contribution in [0.3, 0.4) is 0 Å². The zero-order valence-corrected chi connectivity index (χ0v) is 28.3. The molecule has 0 heterocycles. The molecule has 0 radical (unpaired) electrons. The quantitative estimate of drug-likeness (QED) is 0.213. The summed E-state index contributed by atoms with van der Waals surface area (Å²) in [5, 5.41) is 12.5. The monoisotopic (exact) mass is 610 g/mol. The molecule has 0 saturated heterocycles. The van der Waals surface area contributed by atoms with Crippen LogP contribution in [0.5, 0.6) is 0 Å². The van der Waals surface area contributed by atoms with E-state index >= 15 is 0 Å². The van der Waals surface area contributed by atoms with Crippen LogP contribution in [-0.4, -0.2) is 64.2 Å². The second kappa shape index (κ2) is 16.6. The Balaban J connectivity index is 1.96. The van der Waals surface area contributed by atoms with E-state index in [-0.39, 0.29) is 11.5 Å². The van der Waals surface area contributed by atoms with E-state index in [4.69, 9.17) is 4.74 Å². The van der Waals surface area contributed by atoms with Gasteiger partial charge in [0.25, 0.3) is 5.91 Å². The molecule has 1 fully saturated rings.